The number of β-amino-alcohol motifs (C(OH)–C–C–N with tert-alkyl or cyclic N) is 1. The minimum Gasteiger partial charge on any atom is -0.459 e. The highest BCUT2D eigenvalue weighted by Gasteiger charge is 2.52. The van der Waals surface area contributed by atoms with Gasteiger partial charge in [-0.05, 0) is 5.56 Å². The molecule has 2 heterocycles. The van der Waals surface area contributed by atoms with E-state index < -0.39 is 11.6 Å². The molecule has 2 saturated heterocycles. The van der Waals surface area contributed by atoms with Crippen molar-refractivity contribution >= 4 is 5.97 Å². The molecule has 1 aromatic rings. The smallest absolute Gasteiger partial charge is 0.339 e. The van der Waals surface area contributed by atoms with Crippen LogP contribution in [0.2, 0.25) is 0 Å². The van der Waals surface area contributed by atoms with Gasteiger partial charge in [0.05, 0.1) is 0 Å². The summed E-state index contributed by atoms with van der Waals surface area (Å²) in [7, 11) is 0. The van der Waals surface area contributed by atoms with Gasteiger partial charge in [-0.1, -0.05) is 30.3 Å². The Morgan fingerprint density at radius 2 is 2.18 bits per heavy atom. The highest BCUT2D eigenvalue weighted by atomic mass is 16.6. The molecule has 17 heavy (non-hydrogen) atoms. The number of carbonyl (C=O) groups is 1. The molecule has 4 nitrogen and oxygen atoms in total. The Balaban J connectivity index is 1.73. The molecule has 0 amide bonds. The highest BCUT2D eigenvalue weighted by Crippen LogP contribution is 2.32. The lowest BCUT2D eigenvalue weighted by Crippen LogP contribution is -2.50. The molecule has 1 aromatic carbocycles. The molecule has 2 fully saturated rings. The molecular formula is C13H15NO3. The zero-order valence-corrected chi connectivity index (χ0v) is 9.50. The second-order valence-corrected chi connectivity index (χ2v) is 4.92. The van der Waals surface area contributed by atoms with Gasteiger partial charge >= 0.3 is 5.97 Å². The fraction of sp³-hybridized carbons (Fsp3) is 0.462. The molecule has 0 radical (unpaired) electrons. The molecule has 0 saturated carbocycles. The summed E-state index contributed by atoms with van der Waals surface area (Å²) in [4.78, 5) is 13.6. The quantitative estimate of drug-likeness (QED) is 0.758. The SMILES string of the molecule is O=C1O[C@@H]2CN(Cc3ccccc3)C[C@@]1(O)C2. The number of aliphatic hydroxyl groups is 1. The molecule has 4 heteroatoms. The second-order valence-electron chi connectivity index (χ2n) is 4.92. The van der Waals surface area contributed by atoms with Crippen molar-refractivity contribution < 1.29 is 14.6 Å². The summed E-state index contributed by atoms with van der Waals surface area (Å²) in [5.74, 6) is -0.460. The van der Waals surface area contributed by atoms with Gasteiger partial charge in [0.25, 0.3) is 0 Å². The highest BCUT2D eigenvalue weighted by molar-refractivity contribution is 5.82. The van der Waals surface area contributed by atoms with Crippen LogP contribution in [0.5, 0.6) is 0 Å². The lowest BCUT2D eigenvalue weighted by Gasteiger charge is -2.32. The minimum absolute atomic E-state index is 0.148. The van der Waals surface area contributed by atoms with E-state index in [1.807, 2.05) is 30.3 Å². The third kappa shape index (κ3) is 1.94. The Kier molecular flexibility index (Phi) is 2.42. The summed E-state index contributed by atoms with van der Waals surface area (Å²) in [5.41, 5.74) is -0.0950. The number of hydrogen-bond acceptors (Lipinski definition) is 4. The van der Waals surface area contributed by atoms with Crippen LogP contribution < -0.4 is 0 Å². The van der Waals surface area contributed by atoms with E-state index in [1.165, 1.54) is 5.56 Å². The van der Waals surface area contributed by atoms with Crippen LogP contribution in [0.15, 0.2) is 30.3 Å². The third-order valence-electron chi connectivity index (χ3n) is 3.42. The minimum atomic E-state index is -1.28. The number of esters is 1. The first-order valence-electron chi connectivity index (χ1n) is 5.85. The number of rotatable bonds is 2. The largest absolute Gasteiger partial charge is 0.459 e. The van der Waals surface area contributed by atoms with E-state index in [0.29, 0.717) is 19.5 Å². The Labute approximate surface area is 99.8 Å². The van der Waals surface area contributed by atoms with Crippen molar-refractivity contribution in [2.75, 3.05) is 13.1 Å². The van der Waals surface area contributed by atoms with E-state index in [4.69, 9.17) is 4.74 Å². The summed E-state index contributed by atoms with van der Waals surface area (Å²) in [6, 6.07) is 10.0. The van der Waals surface area contributed by atoms with Gasteiger partial charge in [-0.2, -0.15) is 0 Å². The van der Waals surface area contributed by atoms with E-state index in [2.05, 4.69) is 4.90 Å². The molecule has 0 aromatic heterocycles. The average Bonchev–Trinajstić information content (AvgIpc) is 2.49. The van der Waals surface area contributed by atoms with E-state index in [0.717, 1.165) is 6.54 Å². The maximum Gasteiger partial charge on any atom is 0.339 e. The monoisotopic (exact) mass is 233 g/mol. The molecule has 90 valence electrons. The van der Waals surface area contributed by atoms with Crippen LogP contribution in [0, 0.1) is 0 Å². The zero-order chi connectivity index (χ0) is 11.9. The molecule has 0 spiro atoms. The Morgan fingerprint density at radius 1 is 1.41 bits per heavy atom. The Bertz CT molecular complexity index is 434. The van der Waals surface area contributed by atoms with Crippen molar-refractivity contribution in [1.82, 2.24) is 4.90 Å². The summed E-state index contributed by atoms with van der Waals surface area (Å²) < 4.78 is 5.13. The van der Waals surface area contributed by atoms with Gasteiger partial charge in [0, 0.05) is 26.1 Å². The lowest BCUT2D eigenvalue weighted by atomic mass is 9.94. The predicted octanol–water partition coefficient (Wildman–Crippen LogP) is 0.549. The van der Waals surface area contributed by atoms with Crippen LogP contribution >= 0.6 is 0 Å². The van der Waals surface area contributed by atoms with Crippen LogP contribution in [0.1, 0.15) is 12.0 Å². The second kappa shape index (κ2) is 3.82. The van der Waals surface area contributed by atoms with Gasteiger partial charge in [0.15, 0.2) is 5.60 Å². The number of carbonyl (C=O) groups excluding carboxylic acids is 1. The van der Waals surface area contributed by atoms with E-state index >= 15 is 0 Å². The van der Waals surface area contributed by atoms with Crippen LogP contribution in [-0.4, -0.2) is 40.8 Å². The van der Waals surface area contributed by atoms with Gasteiger partial charge in [-0.3, -0.25) is 4.90 Å². The standard InChI is InChI=1S/C13H15NO3/c15-12-13(16)6-11(17-12)8-14(9-13)7-10-4-2-1-3-5-10/h1-5,11,16H,6-9H2/t11-,13-/m0/s1. The topological polar surface area (TPSA) is 49.8 Å². The maximum atomic E-state index is 11.5. The molecule has 2 aliphatic heterocycles. The first kappa shape index (κ1) is 10.7. The number of ether oxygens (including phenoxy) is 1. The van der Waals surface area contributed by atoms with Crippen LogP contribution in [-0.2, 0) is 16.1 Å². The Hall–Kier alpha value is -1.39. The van der Waals surface area contributed by atoms with Gasteiger partial charge in [-0.25, -0.2) is 4.79 Å². The molecule has 2 aliphatic rings. The molecule has 0 aliphatic carbocycles. The number of fused-ring (bicyclic) bond motifs is 2. The van der Waals surface area contributed by atoms with Gasteiger partial charge in [0.1, 0.15) is 6.10 Å². The number of piperidine rings is 1. The number of benzene rings is 1. The van der Waals surface area contributed by atoms with E-state index in [9.17, 15) is 9.90 Å². The summed E-state index contributed by atoms with van der Waals surface area (Å²) >= 11 is 0. The van der Waals surface area contributed by atoms with E-state index in [-0.39, 0.29) is 6.10 Å². The van der Waals surface area contributed by atoms with Crippen LogP contribution in [0.3, 0.4) is 0 Å². The van der Waals surface area contributed by atoms with Crippen molar-refractivity contribution in [1.29, 1.82) is 0 Å². The van der Waals surface area contributed by atoms with Crippen molar-refractivity contribution in [2.24, 2.45) is 0 Å². The lowest BCUT2D eigenvalue weighted by molar-refractivity contribution is -0.153. The molecule has 0 unspecified atom stereocenters. The molecular weight excluding hydrogens is 218 g/mol. The number of likely N-dealkylation sites (tertiary alicyclic amines) is 1. The van der Waals surface area contributed by atoms with Gasteiger partial charge in [-0.15, -0.1) is 0 Å². The number of hydrogen-bond donors (Lipinski definition) is 1. The van der Waals surface area contributed by atoms with Crippen molar-refractivity contribution in [3.63, 3.8) is 0 Å². The maximum absolute atomic E-state index is 11.5. The predicted molar refractivity (Wildman–Crippen MR) is 61.2 cm³/mol. The van der Waals surface area contributed by atoms with Gasteiger partial charge in [0.2, 0.25) is 0 Å². The fourth-order valence-corrected chi connectivity index (χ4v) is 2.68. The van der Waals surface area contributed by atoms with Crippen molar-refractivity contribution in [3.05, 3.63) is 35.9 Å². The summed E-state index contributed by atoms with van der Waals surface area (Å²) in [6.07, 6.45) is 0.293. The molecule has 2 atom stereocenters. The molecule has 2 bridgehead atoms. The molecule has 1 N–H and O–H groups in total. The average molecular weight is 233 g/mol. The number of nitrogens with zero attached hydrogens (tertiary/aromatic N) is 1. The molecule has 3 rings (SSSR count). The van der Waals surface area contributed by atoms with Crippen LogP contribution in [0.4, 0.5) is 0 Å². The van der Waals surface area contributed by atoms with Gasteiger partial charge < -0.3 is 9.84 Å². The van der Waals surface area contributed by atoms with Crippen molar-refractivity contribution in [3.8, 4) is 0 Å². The Morgan fingerprint density at radius 3 is 2.88 bits per heavy atom. The first-order valence-corrected chi connectivity index (χ1v) is 5.85. The first-order chi connectivity index (χ1) is 8.16. The zero-order valence-electron chi connectivity index (χ0n) is 9.50. The summed E-state index contributed by atoms with van der Waals surface area (Å²) in [5, 5.41) is 10.1. The summed E-state index contributed by atoms with van der Waals surface area (Å²) in [6.45, 7) is 1.83. The van der Waals surface area contributed by atoms with Crippen LogP contribution in [0.25, 0.3) is 0 Å². The normalized spacial score (nSPS) is 32.5. The fourth-order valence-electron chi connectivity index (χ4n) is 2.68. The third-order valence-corrected chi connectivity index (χ3v) is 3.42. The van der Waals surface area contributed by atoms with E-state index in [1.54, 1.807) is 0 Å². The van der Waals surface area contributed by atoms with Crippen molar-refractivity contribution in [2.45, 2.75) is 24.7 Å².